The van der Waals surface area contributed by atoms with Gasteiger partial charge in [-0.3, -0.25) is 9.89 Å². The highest BCUT2D eigenvalue weighted by atomic mass is 16.4. The van der Waals surface area contributed by atoms with Gasteiger partial charge in [-0.2, -0.15) is 4.98 Å². The third-order valence-corrected chi connectivity index (χ3v) is 2.02. The van der Waals surface area contributed by atoms with Gasteiger partial charge >= 0.3 is 5.97 Å². The number of H-pyrrole nitrogens is 1. The number of anilines is 1. The van der Waals surface area contributed by atoms with E-state index in [9.17, 15) is 4.79 Å². The van der Waals surface area contributed by atoms with Crippen LogP contribution in [0.2, 0.25) is 0 Å². The lowest BCUT2D eigenvalue weighted by atomic mass is 10.3. The SMILES string of the molecule is O=C(O)CCc1nc(NC2CC2)n[nH]1. The topological polar surface area (TPSA) is 90.9 Å². The average molecular weight is 196 g/mol. The minimum absolute atomic E-state index is 0.0814. The van der Waals surface area contributed by atoms with Crippen LogP contribution in [0.4, 0.5) is 5.95 Å². The van der Waals surface area contributed by atoms with Crippen molar-refractivity contribution in [2.24, 2.45) is 0 Å². The second kappa shape index (κ2) is 3.65. The molecule has 2 rings (SSSR count). The zero-order valence-corrected chi connectivity index (χ0v) is 7.66. The molecule has 3 N–H and O–H groups in total. The standard InChI is InChI=1S/C8H12N4O2/c13-7(14)4-3-6-10-8(12-11-6)9-5-1-2-5/h5H,1-4H2,(H,13,14)(H2,9,10,11,12). The Hall–Kier alpha value is -1.59. The zero-order chi connectivity index (χ0) is 9.97. The summed E-state index contributed by atoms with van der Waals surface area (Å²) in [5.41, 5.74) is 0. The van der Waals surface area contributed by atoms with Crippen LogP contribution in [0.25, 0.3) is 0 Å². The molecule has 1 aromatic rings. The molecule has 0 spiro atoms. The summed E-state index contributed by atoms with van der Waals surface area (Å²) < 4.78 is 0. The van der Waals surface area contributed by atoms with Crippen molar-refractivity contribution in [1.29, 1.82) is 0 Å². The van der Waals surface area contributed by atoms with Gasteiger partial charge in [0.2, 0.25) is 5.95 Å². The number of aromatic amines is 1. The number of rotatable bonds is 5. The lowest BCUT2D eigenvalue weighted by molar-refractivity contribution is -0.137. The van der Waals surface area contributed by atoms with Gasteiger partial charge in [0.15, 0.2) is 0 Å². The molecule has 0 unspecified atom stereocenters. The Bertz CT molecular complexity index is 332. The molecule has 0 bridgehead atoms. The fourth-order valence-electron chi connectivity index (χ4n) is 1.11. The van der Waals surface area contributed by atoms with E-state index in [4.69, 9.17) is 5.11 Å². The number of hydrogen-bond donors (Lipinski definition) is 3. The summed E-state index contributed by atoms with van der Waals surface area (Å²) in [7, 11) is 0. The van der Waals surface area contributed by atoms with Crippen LogP contribution in [0.15, 0.2) is 0 Å². The quantitative estimate of drug-likeness (QED) is 0.634. The van der Waals surface area contributed by atoms with Crippen molar-refractivity contribution >= 4 is 11.9 Å². The zero-order valence-electron chi connectivity index (χ0n) is 7.66. The van der Waals surface area contributed by atoms with Crippen molar-refractivity contribution in [3.05, 3.63) is 5.82 Å². The summed E-state index contributed by atoms with van der Waals surface area (Å²) in [5, 5.41) is 18.2. The Balaban J connectivity index is 1.85. The summed E-state index contributed by atoms with van der Waals surface area (Å²) >= 11 is 0. The van der Waals surface area contributed by atoms with Crippen molar-refractivity contribution < 1.29 is 9.90 Å². The molecule has 1 aromatic heterocycles. The Morgan fingerprint density at radius 3 is 3.07 bits per heavy atom. The molecule has 0 amide bonds. The van der Waals surface area contributed by atoms with Crippen LogP contribution in [-0.4, -0.2) is 32.3 Å². The van der Waals surface area contributed by atoms with E-state index in [0.29, 0.717) is 24.2 Å². The Morgan fingerprint density at radius 2 is 2.43 bits per heavy atom. The van der Waals surface area contributed by atoms with Gasteiger partial charge in [0.25, 0.3) is 0 Å². The number of aryl methyl sites for hydroxylation is 1. The molecule has 1 heterocycles. The maximum atomic E-state index is 10.3. The molecule has 14 heavy (non-hydrogen) atoms. The third-order valence-electron chi connectivity index (χ3n) is 2.02. The molecule has 6 heteroatoms. The maximum absolute atomic E-state index is 10.3. The molecular weight excluding hydrogens is 184 g/mol. The third kappa shape index (κ3) is 2.45. The molecule has 0 aliphatic heterocycles. The van der Waals surface area contributed by atoms with Gasteiger partial charge in [-0.15, -0.1) is 5.10 Å². The van der Waals surface area contributed by atoms with E-state index < -0.39 is 5.97 Å². The smallest absolute Gasteiger partial charge is 0.303 e. The van der Waals surface area contributed by atoms with Crippen molar-refractivity contribution in [2.75, 3.05) is 5.32 Å². The first kappa shape index (κ1) is 8.98. The molecule has 0 atom stereocenters. The van der Waals surface area contributed by atoms with E-state index in [1.54, 1.807) is 0 Å². The Kier molecular flexibility index (Phi) is 2.34. The molecule has 6 nitrogen and oxygen atoms in total. The number of carboxylic acid groups (broad SMARTS) is 1. The van der Waals surface area contributed by atoms with Crippen LogP contribution in [0, 0.1) is 0 Å². The monoisotopic (exact) mass is 196 g/mol. The van der Waals surface area contributed by atoms with Gasteiger partial charge < -0.3 is 10.4 Å². The normalized spacial score (nSPS) is 15.4. The number of carboxylic acids is 1. The molecule has 1 fully saturated rings. The molecule has 1 saturated carbocycles. The van der Waals surface area contributed by atoms with E-state index in [2.05, 4.69) is 20.5 Å². The van der Waals surface area contributed by atoms with Crippen LogP contribution in [0.5, 0.6) is 0 Å². The van der Waals surface area contributed by atoms with Crippen molar-refractivity contribution in [3.63, 3.8) is 0 Å². The van der Waals surface area contributed by atoms with Crippen LogP contribution >= 0.6 is 0 Å². The summed E-state index contributed by atoms with van der Waals surface area (Å²) in [6.45, 7) is 0. The van der Waals surface area contributed by atoms with Crippen LogP contribution in [0.1, 0.15) is 25.1 Å². The van der Waals surface area contributed by atoms with Gasteiger partial charge in [-0.25, -0.2) is 0 Å². The van der Waals surface area contributed by atoms with E-state index in [1.807, 2.05) is 0 Å². The first-order valence-electron chi connectivity index (χ1n) is 4.63. The van der Waals surface area contributed by atoms with Crippen LogP contribution in [0.3, 0.4) is 0 Å². The summed E-state index contributed by atoms with van der Waals surface area (Å²) in [5.74, 6) is 0.376. The molecule has 0 radical (unpaired) electrons. The number of carbonyl (C=O) groups is 1. The van der Waals surface area contributed by atoms with Gasteiger partial charge in [-0.05, 0) is 12.8 Å². The maximum Gasteiger partial charge on any atom is 0.303 e. The highest BCUT2D eigenvalue weighted by Gasteiger charge is 2.22. The van der Waals surface area contributed by atoms with E-state index >= 15 is 0 Å². The number of aromatic nitrogens is 3. The summed E-state index contributed by atoms with van der Waals surface area (Å²) in [4.78, 5) is 14.4. The fraction of sp³-hybridized carbons (Fsp3) is 0.625. The second-order valence-electron chi connectivity index (χ2n) is 3.42. The number of aliphatic carboxylic acids is 1. The molecular formula is C8H12N4O2. The molecule has 1 aliphatic rings. The number of nitrogens with zero attached hydrogens (tertiary/aromatic N) is 2. The van der Waals surface area contributed by atoms with E-state index in [-0.39, 0.29) is 6.42 Å². The van der Waals surface area contributed by atoms with E-state index in [1.165, 1.54) is 12.8 Å². The lowest BCUT2D eigenvalue weighted by Gasteiger charge is -1.94. The second-order valence-corrected chi connectivity index (χ2v) is 3.42. The highest BCUT2D eigenvalue weighted by Crippen LogP contribution is 2.22. The van der Waals surface area contributed by atoms with Crippen LogP contribution in [-0.2, 0) is 11.2 Å². The highest BCUT2D eigenvalue weighted by molar-refractivity contribution is 5.66. The van der Waals surface area contributed by atoms with Crippen molar-refractivity contribution in [2.45, 2.75) is 31.7 Å². The first-order chi connectivity index (χ1) is 6.74. The molecule has 0 saturated heterocycles. The fourth-order valence-corrected chi connectivity index (χ4v) is 1.11. The van der Waals surface area contributed by atoms with Crippen LogP contribution < -0.4 is 5.32 Å². The molecule has 76 valence electrons. The van der Waals surface area contributed by atoms with E-state index in [0.717, 1.165) is 0 Å². The number of nitrogens with one attached hydrogen (secondary N) is 2. The molecule has 0 aromatic carbocycles. The Morgan fingerprint density at radius 1 is 1.64 bits per heavy atom. The predicted molar refractivity (Wildman–Crippen MR) is 49.0 cm³/mol. The molecule has 1 aliphatic carbocycles. The minimum Gasteiger partial charge on any atom is -0.481 e. The van der Waals surface area contributed by atoms with Gasteiger partial charge in [-0.1, -0.05) is 0 Å². The largest absolute Gasteiger partial charge is 0.481 e. The summed E-state index contributed by atoms with van der Waals surface area (Å²) in [6, 6.07) is 0.512. The summed E-state index contributed by atoms with van der Waals surface area (Å²) in [6.07, 6.45) is 2.81. The Labute approximate surface area is 80.7 Å². The van der Waals surface area contributed by atoms with Crippen molar-refractivity contribution in [1.82, 2.24) is 15.2 Å². The number of hydrogen-bond acceptors (Lipinski definition) is 4. The first-order valence-corrected chi connectivity index (χ1v) is 4.63. The average Bonchev–Trinajstić information content (AvgIpc) is 2.81. The van der Waals surface area contributed by atoms with Gasteiger partial charge in [0.1, 0.15) is 5.82 Å². The lowest BCUT2D eigenvalue weighted by Crippen LogP contribution is -2.02. The van der Waals surface area contributed by atoms with Gasteiger partial charge in [0.05, 0.1) is 6.42 Å². The van der Waals surface area contributed by atoms with Crippen molar-refractivity contribution in [3.8, 4) is 0 Å². The minimum atomic E-state index is -0.821. The predicted octanol–water partition coefficient (Wildman–Crippen LogP) is 0.396. The van der Waals surface area contributed by atoms with Gasteiger partial charge in [0, 0.05) is 12.5 Å².